The third-order valence-corrected chi connectivity index (χ3v) is 3.33. The molecule has 0 aliphatic heterocycles. The summed E-state index contributed by atoms with van der Waals surface area (Å²) in [5.41, 5.74) is 1.05. The van der Waals surface area contributed by atoms with E-state index < -0.39 is 0 Å². The number of rotatable bonds is 7. The smallest absolute Gasteiger partial charge is 0.338 e. The number of urea groups is 1. The van der Waals surface area contributed by atoms with E-state index >= 15 is 0 Å². The van der Waals surface area contributed by atoms with Crippen molar-refractivity contribution in [1.82, 2.24) is 5.32 Å². The molecule has 0 saturated heterocycles. The Kier molecular flexibility index (Phi) is 6.42. The standard InChI is InChI=1S/C18H22N2O4/c1-3-4-11-23-17(21)14-6-8-15(9-7-14)20-18(22)19-12-16-10-5-13(2)24-16/h5-10H,3-4,11-12H2,1-2H3,(H2,19,20,22). The van der Waals surface area contributed by atoms with Gasteiger partial charge in [0.25, 0.3) is 0 Å². The number of hydrogen-bond donors (Lipinski definition) is 2. The lowest BCUT2D eigenvalue weighted by atomic mass is 10.2. The average molecular weight is 330 g/mol. The number of carbonyl (C=O) groups is 2. The summed E-state index contributed by atoms with van der Waals surface area (Å²) in [5, 5.41) is 5.39. The van der Waals surface area contributed by atoms with Crippen LogP contribution in [0.15, 0.2) is 40.8 Å². The monoisotopic (exact) mass is 330 g/mol. The first-order chi connectivity index (χ1) is 11.6. The number of esters is 1. The van der Waals surface area contributed by atoms with Gasteiger partial charge in [0, 0.05) is 5.69 Å². The Labute approximate surface area is 141 Å². The molecule has 0 saturated carbocycles. The molecule has 2 amide bonds. The Morgan fingerprint density at radius 1 is 1.12 bits per heavy atom. The summed E-state index contributed by atoms with van der Waals surface area (Å²) in [4.78, 5) is 23.6. The molecule has 0 aliphatic rings. The molecule has 2 aromatic rings. The van der Waals surface area contributed by atoms with Crippen LogP contribution in [0.5, 0.6) is 0 Å². The fourth-order valence-electron chi connectivity index (χ4n) is 2.00. The lowest BCUT2D eigenvalue weighted by Crippen LogP contribution is -2.28. The van der Waals surface area contributed by atoms with E-state index in [0.29, 0.717) is 30.2 Å². The van der Waals surface area contributed by atoms with Crippen LogP contribution in [0.2, 0.25) is 0 Å². The molecular formula is C18H22N2O4. The normalized spacial score (nSPS) is 10.2. The van der Waals surface area contributed by atoms with Crippen LogP contribution in [-0.2, 0) is 11.3 Å². The van der Waals surface area contributed by atoms with Crippen molar-refractivity contribution in [2.45, 2.75) is 33.2 Å². The van der Waals surface area contributed by atoms with Crippen molar-refractivity contribution >= 4 is 17.7 Å². The van der Waals surface area contributed by atoms with Crippen molar-refractivity contribution in [2.24, 2.45) is 0 Å². The zero-order valence-electron chi connectivity index (χ0n) is 13.9. The summed E-state index contributed by atoms with van der Waals surface area (Å²) in [6.07, 6.45) is 1.82. The lowest BCUT2D eigenvalue weighted by Gasteiger charge is -2.08. The maximum atomic E-state index is 11.8. The molecule has 1 aromatic heterocycles. The predicted octanol–water partition coefficient (Wildman–Crippen LogP) is 3.87. The molecule has 0 bridgehead atoms. The van der Waals surface area contributed by atoms with Gasteiger partial charge in [0.1, 0.15) is 11.5 Å². The molecule has 24 heavy (non-hydrogen) atoms. The van der Waals surface area contributed by atoms with Crippen LogP contribution in [0, 0.1) is 6.92 Å². The summed E-state index contributed by atoms with van der Waals surface area (Å²) >= 11 is 0. The number of anilines is 1. The van der Waals surface area contributed by atoms with Gasteiger partial charge in [0.05, 0.1) is 18.7 Å². The van der Waals surface area contributed by atoms with Crippen LogP contribution >= 0.6 is 0 Å². The summed E-state index contributed by atoms with van der Waals surface area (Å²) < 4.78 is 10.5. The quantitative estimate of drug-likeness (QED) is 0.596. The average Bonchev–Trinajstić information content (AvgIpc) is 2.99. The van der Waals surface area contributed by atoms with Gasteiger partial charge in [-0.1, -0.05) is 13.3 Å². The highest BCUT2D eigenvalue weighted by atomic mass is 16.5. The number of hydrogen-bond acceptors (Lipinski definition) is 4. The molecule has 1 heterocycles. The third-order valence-electron chi connectivity index (χ3n) is 3.33. The lowest BCUT2D eigenvalue weighted by molar-refractivity contribution is 0.0500. The molecule has 0 fully saturated rings. The number of amides is 2. The van der Waals surface area contributed by atoms with E-state index in [1.807, 2.05) is 26.0 Å². The Bertz CT molecular complexity index is 677. The van der Waals surface area contributed by atoms with E-state index in [9.17, 15) is 9.59 Å². The molecule has 0 aliphatic carbocycles. The molecule has 0 radical (unpaired) electrons. The Morgan fingerprint density at radius 3 is 2.50 bits per heavy atom. The minimum atomic E-state index is -0.354. The van der Waals surface area contributed by atoms with Gasteiger partial charge in [-0.25, -0.2) is 9.59 Å². The maximum absolute atomic E-state index is 11.8. The molecule has 0 unspecified atom stereocenters. The van der Waals surface area contributed by atoms with Gasteiger partial charge in [-0.15, -0.1) is 0 Å². The Morgan fingerprint density at radius 2 is 1.88 bits per heavy atom. The topological polar surface area (TPSA) is 80.6 Å². The zero-order chi connectivity index (χ0) is 17.4. The number of nitrogens with one attached hydrogen (secondary N) is 2. The zero-order valence-corrected chi connectivity index (χ0v) is 13.9. The highest BCUT2D eigenvalue weighted by Crippen LogP contribution is 2.11. The number of furan rings is 1. The summed E-state index contributed by atoms with van der Waals surface area (Å²) in [6, 6.07) is 9.88. The molecule has 6 nitrogen and oxygen atoms in total. The van der Waals surface area contributed by atoms with Crippen molar-refractivity contribution in [2.75, 3.05) is 11.9 Å². The van der Waals surface area contributed by atoms with E-state index in [-0.39, 0.29) is 12.0 Å². The van der Waals surface area contributed by atoms with Crippen LogP contribution in [0.4, 0.5) is 10.5 Å². The molecule has 128 valence electrons. The number of aryl methyl sites for hydroxylation is 1. The van der Waals surface area contributed by atoms with Crippen LogP contribution in [0.1, 0.15) is 41.6 Å². The van der Waals surface area contributed by atoms with Gasteiger partial charge in [-0.05, 0) is 49.7 Å². The Hall–Kier alpha value is -2.76. The number of ether oxygens (including phenoxy) is 1. The minimum absolute atomic E-state index is 0.307. The second-order valence-electron chi connectivity index (χ2n) is 5.39. The fourth-order valence-corrected chi connectivity index (χ4v) is 2.00. The van der Waals surface area contributed by atoms with Gasteiger partial charge in [-0.2, -0.15) is 0 Å². The van der Waals surface area contributed by atoms with Crippen molar-refractivity contribution in [1.29, 1.82) is 0 Å². The van der Waals surface area contributed by atoms with Crippen LogP contribution in [0.3, 0.4) is 0 Å². The van der Waals surface area contributed by atoms with Crippen LogP contribution in [-0.4, -0.2) is 18.6 Å². The number of carbonyl (C=O) groups excluding carboxylic acids is 2. The summed E-state index contributed by atoms with van der Waals surface area (Å²) in [6.45, 7) is 4.61. The van der Waals surface area contributed by atoms with Crippen molar-refractivity contribution in [3.63, 3.8) is 0 Å². The minimum Gasteiger partial charge on any atom is -0.465 e. The molecular weight excluding hydrogens is 308 g/mol. The third kappa shape index (κ3) is 5.46. The van der Waals surface area contributed by atoms with E-state index in [1.165, 1.54) is 0 Å². The van der Waals surface area contributed by atoms with Crippen LogP contribution in [0.25, 0.3) is 0 Å². The SMILES string of the molecule is CCCCOC(=O)c1ccc(NC(=O)NCc2ccc(C)o2)cc1. The van der Waals surface area contributed by atoms with Gasteiger partial charge in [-0.3, -0.25) is 0 Å². The molecule has 0 atom stereocenters. The largest absolute Gasteiger partial charge is 0.465 e. The van der Waals surface area contributed by atoms with Crippen molar-refractivity contribution < 1.29 is 18.7 Å². The van der Waals surface area contributed by atoms with Crippen molar-refractivity contribution in [3.05, 3.63) is 53.5 Å². The number of unbranched alkanes of at least 4 members (excludes halogenated alkanes) is 1. The molecule has 2 rings (SSSR count). The maximum Gasteiger partial charge on any atom is 0.338 e. The summed E-state index contributed by atoms with van der Waals surface area (Å²) in [7, 11) is 0. The van der Waals surface area contributed by atoms with E-state index in [0.717, 1.165) is 18.6 Å². The van der Waals surface area contributed by atoms with Gasteiger partial charge >= 0.3 is 12.0 Å². The highest BCUT2D eigenvalue weighted by Gasteiger charge is 2.08. The fraction of sp³-hybridized carbons (Fsp3) is 0.333. The van der Waals surface area contributed by atoms with E-state index in [1.54, 1.807) is 24.3 Å². The highest BCUT2D eigenvalue weighted by molar-refractivity contribution is 5.92. The van der Waals surface area contributed by atoms with E-state index in [2.05, 4.69) is 10.6 Å². The first kappa shape index (κ1) is 17.6. The first-order valence-electron chi connectivity index (χ1n) is 7.96. The van der Waals surface area contributed by atoms with Gasteiger partial charge in [0.2, 0.25) is 0 Å². The molecule has 0 spiro atoms. The van der Waals surface area contributed by atoms with E-state index in [4.69, 9.17) is 9.15 Å². The number of benzene rings is 1. The predicted molar refractivity (Wildman–Crippen MR) is 90.9 cm³/mol. The molecule has 6 heteroatoms. The second kappa shape index (κ2) is 8.76. The molecule has 1 aromatic carbocycles. The first-order valence-corrected chi connectivity index (χ1v) is 7.96. The van der Waals surface area contributed by atoms with Crippen LogP contribution < -0.4 is 10.6 Å². The van der Waals surface area contributed by atoms with Gasteiger partial charge in [0.15, 0.2) is 0 Å². The second-order valence-corrected chi connectivity index (χ2v) is 5.39. The van der Waals surface area contributed by atoms with Crippen molar-refractivity contribution in [3.8, 4) is 0 Å². The molecule has 2 N–H and O–H groups in total. The van der Waals surface area contributed by atoms with Gasteiger partial charge < -0.3 is 19.8 Å². The Balaban J connectivity index is 1.80. The summed E-state index contributed by atoms with van der Waals surface area (Å²) in [5.74, 6) is 1.13.